The highest BCUT2D eigenvalue weighted by Gasteiger charge is 2.08. The summed E-state index contributed by atoms with van der Waals surface area (Å²) in [6.07, 6.45) is 0. The average Bonchev–Trinajstić information content (AvgIpc) is 2.69. The van der Waals surface area contributed by atoms with Gasteiger partial charge < -0.3 is 14.8 Å². The Hall–Kier alpha value is -2.01. The van der Waals surface area contributed by atoms with Crippen molar-refractivity contribution in [2.24, 2.45) is 0 Å². The molecule has 3 nitrogen and oxygen atoms in total. The molecule has 140 valence electrons. The molecule has 3 aromatic rings. The fourth-order valence-electron chi connectivity index (χ4n) is 2.78. The van der Waals surface area contributed by atoms with E-state index < -0.39 is 0 Å². The molecule has 5 heteroatoms. The van der Waals surface area contributed by atoms with Crippen molar-refractivity contribution in [3.05, 3.63) is 92.9 Å². The first-order valence-corrected chi connectivity index (χ1v) is 9.81. The monoisotopic (exact) mass is 445 g/mol. The summed E-state index contributed by atoms with van der Waals surface area (Å²) in [5.74, 6) is 1.72. The second-order valence-corrected chi connectivity index (χ2v) is 7.37. The number of rotatable bonds is 8. The Morgan fingerprint density at radius 1 is 0.852 bits per heavy atom. The van der Waals surface area contributed by atoms with Crippen LogP contribution in [0.4, 0.5) is 0 Å². The SMILES string of the molecule is COc1ccccc1CNCc1cc(Br)ccc1OCc1ccccc1Cl. The van der Waals surface area contributed by atoms with Crippen LogP contribution in [0.2, 0.25) is 5.02 Å². The highest BCUT2D eigenvalue weighted by atomic mass is 79.9. The van der Waals surface area contributed by atoms with Crippen LogP contribution in [0.25, 0.3) is 0 Å². The molecule has 0 radical (unpaired) electrons. The number of hydrogen-bond donors (Lipinski definition) is 1. The van der Waals surface area contributed by atoms with Crippen LogP contribution < -0.4 is 14.8 Å². The van der Waals surface area contributed by atoms with Gasteiger partial charge in [-0.3, -0.25) is 0 Å². The zero-order chi connectivity index (χ0) is 19.1. The highest BCUT2D eigenvalue weighted by Crippen LogP contribution is 2.26. The van der Waals surface area contributed by atoms with Gasteiger partial charge in [-0.05, 0) is 30.3 Å². The molecule has 0 heterocycles. The number of ether oxygens (including phenoxy) is 2. The lowest BCUT2D eigenvalue weighted by atomic mass is 10.1. The summed E-state index contributed by atoms with van der Waals surface area (Å²) in [5, 5.41) is 4.18. The summed E-state index contributed by atoms with van der Waals surface area (Å²) in [6.45, 7) is 1.82. The Morgan fingerprint density at radius 3 is 2.33 bits per heavy atom. The lowest BCUT2D eigenvalue weighted by molar-refractivity contribution is 0.302. The van der Waals surface area contributed by atoms with E-state index in [-0.39, 0.29) is 0 Å². The van der Waals surface area contributed by atoms with Crippen LogP contribution in [0.5, 0.6) is 11.5 Å². The molecule has 0 saturated carbocycles. The van der Waals surface area contributed by atoms with Crippen molar-refractivity contribution in [3.8, 4) is 11.5 Å². The summed E-state index contributed by atoms with van der Waals surface area (Å²) in [5.41, 5.74) is 3.16. The van der Waals surface area contributed by atoms with E-state index in [1.165, 1.54) is 0 Å². The van der Waals surface area contributed by atoms with E-state index in [2.05, 4.69) is 33.4 Å². The fourth-order valence-corrected chi connectivity index (χ4v) is 3.38. The Labute approximate surface area is 173 Å². The summed E-state index contributed by atoms with van der Waals surface area (Å²) in [6, 6.07) is 21.7. The molecule has 0 aliphatic carbocycles. The smallest absolute Gasteiger partial charge is 0.124 e. The third-order valence-electron chi connectivity index (χ3n) is 4.19. The lowest BCUT2D eigenvalue weighted by Crippen LogP contribution is -2.14. The Morgan fingerprint density at radius 2 is 1.56 bits per heavy atom. The standard InChI is InChI=1S/C22H21BrClNO2/c1-26-21-9-5-3-6-16(21)13-25-14-18-12-19(23)10-11-22(18)27-15-17-7-2-4-8-20(17)24/h2-12,25H,13-15H2,1H3. The maximum atomic E-state index is 6.22. The van der Waals surface area contributed by atoms with Crippen LogP contribution in [0.15, 0.2) is 71.2 Å². The largest absolute Gasteiger partial charge is 0.496 e. The Kier molecular flexibility index (Phi) is 7.16. The molecule has 0 aliphatic rings. The lowest BCUT2D eigenvalue weighted by Gasteiger charge is -2.14. The number of methoxy groups -OCH3 is 1. The number of hydrogen-bond acceptors (Lipinski definition) is 3. The fraction of sp³-hybridized carbons (Fsp3) is 0.182. The van der Waals surface area contributed by atoms with E-state index in [1.807, 2.05) is 54.6 Å². The van der Waals surface area contributed by atoms with Crippen molar-refractivity contribution < 1.29 is 9.47 Å². The molecule has 1 N–H and O–H groups in total. The van der Waals surface area contributed by atoms with Crippen LogP contribution in [-0.2, 0) is 19.7 Å². The first-order valence-electron chi connectivity index (χ1n) is 8.64. The zero-order valence-electron chi connectivity index (χ0n) is 15.0. The van der Waals surface area contributed by atoms with Crippen molar-refractivity contribution in [2.75, 3.05) is 7.11 Å². The summed E-state index contributed by atoms with van der Waals surface area (Å²) < 4.78 is 12.5. The molecule has 27 heavy (non-hydrogen) atoms. The summed E-state index contributed by atoms with van der Waals surface area (Å²) >= 11 is 9.76. The number of nitrogens with one attached hydrogen (secondary N) is 1. The average molecular weight is 447 g/mol. The van der Waals surface area contributed by atoms with Crippen molar-refractivity contribution >= 4 is 27.5 Å². The van der Waals surface area contributed by atoms with Gasteiger partial charge in [0.05, 0.1) is 7.11 Å². The minimum atomic E-state index is 0.431. The number of benzene rings is 3. The maximum absolute atomic E-state index is 6.22. The van der Waals surface area contributed by atoms with Gasteiger partial charge in [-0.25, -0.2) is 0 Å². The molecule has 0 spiro atoms. The zero-order valence-corrected chi connectivity index (χ0v) is 17.4. The molecule has 0 aliphatic heterocycles. The molecule has 3 aromatic carbocycles. The van der Waals surface area contributed by atoms with Crippen molar-refractivity contribution in [2.45, 2.75) is 19.7 Å². The number of halogens is 2. The minimum absolute atomic E-state index is 0.431. The maximum Gasteiger partial charge on any atom is 0.124 e. The topological polar surface area (TPSA) is 30.5 Å². The van der Waals surface area contributed by atoms with E-state index in [9.17, 15) is 0 Å². The van der Waals surface area contributed by atoms with Gasteiger partial charge in [-0.15, -0.1) is 0 Å². The van der Waals surface area contributed by atoms with E-state index in [1.54, 1.807) is 7.11 Å². The Balaban J connectivity index is 1.66. The van der Waals surface area contributed by atoms with Crippen LogP contribution in [0, 0.1) is 0 Å². The van der Waals surface area contributed by atoms with Crippen molar-refractivity contribution in [3.63, 3.8) is 0 Å². The van der Waals surface area contributed by atoms with Crippen LogP contribution in [-0.4, -0.2) is 7.11 Å². The van der Waals surface area contributed by atoms with Crippen LogP contribution in [0.3, 0.4) is 0 Å². The second kappa shape index (κ2) is 9.79. The van der Waals surface area contributed by atoms with Crippen molar-refractivity contribution in [1.82, 2.24) is 5.32 Å². The van der Waals surface area contributed by atoms with E-state index in [0.29, 0.717) is 24.7 Å². The van der Waals surface area contributed by atoms with E-state index in [0.717, 1.165) is 32.7 Å². The molecule has 0 amide bonds. The summed E-state index contributed by atoms with van der Waals surface area (Å²) in [7, 11) is 1.69. The predicted octanol–water partition coefficient (Wildman–Crippen LogP) is 5.98. The third-order valence-corrected chi connectivity index (χ3v) is 5.05. The van der Waals surface area contributed by atoms with Gasteiger partial charge in [0, 0.05) is 39.3 Å². The quantitative estimate of drug-likeness (QED) is 0.462. The van der Waals surface area contributed by atoms with Gasteiger partial charge in [-0.2, -0.15) is 0 Å². The minimum Gasteiger partial charge on any atom is -0.496 e. The van der Waals surface area contributed by atoms with Gasteiger partial charge >= 0.3 is 0 Å². The number of para-hydroxylation sites is 1. The molecule has 0 atom stereocenters. The van der Waals surface area contributed by atoms with Gasteiger partial charge in [-0.1, -0.05) is 63.9 Å². The van der Waals surface area contributed by atoms with Gasteiger partial charge in [0.25, 0.3) is 0 Å². The first-order chi connectivity index (χ1) is 13.2. The molecule has 0 aromatic heterocycles. The normalized spacial score (nSPS) is 10.6. The van der Waals surface area contributed by atoms with Gasteiger partial charge in [0.2, 0.25) is 0 Å². The molecule has 3 rings (SSSR count). The molecular weight excluding hydrogens is 426 g/mol. The molecular formula is C22H21BrClNO2. The molecule has 0 unspecified atom stereocenters. The third kappa shape index (κ3) is 5.48. The second-order valence-electron chi connectivity index (χ2n) is 6.05. The molecule has 0 fully saturated rings. The predicted molar refractivity (Wildman–Crippen MR) is 113 cm³/mol. The Bertz CT molecular complexity index is 901. The van der Waals surface area contributed by atoms with Crippen LogP contribution in [0.1, 0.15) is 16.7 Å². The summed E-state index contributed by atoms with van der Waals surface area (Å²) in [4.78, 5) is 0. The van der Waals surface area contributed by atoms with E-state index in [4.69, 9.17) is 21.1 Å². The van der Waals surface area contributed by atoms with Crippen molar-refractivity contribution in [1.29, 1.82) is 0 Å². The van der Waals surface area contributed by atoms with E-state index >= 15 is 0 Å². The highest BCUT2D eigenvalue weighted by molar-refractivity contribution is 9.10. The van der Waals surface area contributed by atoms with Crippen LogP contribution >= 0.6 is 27.5 Å². The first kappa shape index (κ1) is 19.7. The molecule has 0 bridgehead atoms. The van der Waals surface area contributed by atoms with Gasteiger partial charge in [0.15, 0.2) is 0 Å². The molecule has 0 saturated heterocycles. The van der Waals surface area contributed by atoms with Gasteiger partial charge in [0.1, 0.15) is 18.1 Å².